The van der Waals surface area contributed by atoms with Gasteiger partial charge in [-0.15, -0.1) is 0 Å². The summed E-state index contributed by atoms with van der Waals surface area (Å²) in [5.41, 5.74) is 5.13. The quantitative estimate of drug-likeness (QED) is 0.549. The molecule has 1 spiro atoms. The molecular formula is C29H26N2O6. The second kappa shape index (κ2) is 8.96. The van der Waals surface area contributed by atoms with E-state index >= 15 is 0 Å². The van der Waals surface area contributed by atoms with Crippen molar-refractivity contribution < 1.29 is 29.0 Å². The highest BCUT2D eigenvalue weighted by Gasteiger charge is 2.54. The zero-order valence-corrected chi connectivity index (χ0v) is 20.3. The summed E-state index contributed by atoms with van der Waals surface area (Å²) in [6.07, 6.45) is -0.126. The van der Waals surface area contributed by atoms with Gasteiger partial charge in [-0.2, -0.15) is 0 Å². The van der Waals surface area contributed by atoms with Crippen LogP contribution in [0.1, 0.15) is 35.4 Å². The van der Waals surface area contributed by atoms with Gasteiger partial charge >= 0.3 is 12.1 Å². The van der Waals surface area contributed by atoms with Crippen LogP contribution in [-0.4, -0.2) is 59.7 Å². The van der Waals surface area contributed by atoms with Crippen LogP contribution >= 0.6 is 0 Å². The molecule has 8 nitrogen and oxygen atoms in total. The first-order valence-electron chi connectivity index (χ1n) is 12.2. The number of likely N-dealkylation sites (tertiary alicyclic amines) is 1. The largest absolute Gasteiger partial charge is 0.497 e. The molecular weight excluding hydrogens is 472 g/mol. The number of benzene rings is 3. The maximum Gasteiger partial charge on any atom is 0.410 e. The van der Waals surface area contributed by atoms with E-state index in [1.165, 1.54) is 4.90 Å². The van der Waals surface area contributed by atoms with Crippen LogP contribution in [0.3, 0.4) is 0 Å². The third-order valence-electron chi connectivity index (χ3n) is 7.52. The molecule has 1 fully saturated rings. The van der Waals surface area contributed by atoms with E-state index in [4.69, 9.17) is 14.3 Å². The van der Waals surface area contributed by atoms with Crippen LogP contribution in [0.15, 0.2) is 78.0 Å². The summed E-state index contributed by atoms with van der Waals surface area (Å²) in [4.78, 5) is 32.4. The molecule has 0 saturated carbocycles. The minimum absolute atomic E-state index is 0.0871. The third kappa shape index (κ3) is 3.98. The fraction of sp³-hybridized carbons (Fsp3) is 0.276. The van der Waals surface area contributed by atoms with Crippen LogP contribution in [-0.2, 0) is 14.4 Å². The first-order valence-corrected chi connectivity index (χ1v) is 12.2. The van der Waals surface area contributed by atoms with Gasteiger partial charge in [0.25, 0.3) is 0 Å². The standard InChI is InChI=1S/C29H26N2O6/c1-35-19-12-10-18(11-13-19)25-14-29(37-30-25)15-26(27(32)33)31(17-29)28(34)36-16-24-22-8-4-2-6-20(22)21-7-3-5-9-23(21)24/h2-13,24,26H,14-17H2,1H3,(H,32,33)/t26-,29+/m0/s1. The van der Waals surface area contributed by atoms with E-state index in [1.807, 2.05) is 60.7 Å². The monoisotopic (exact) mass is 498 g/mol. The van der Waals surface area contributed by atoms with Crippen molar-refractivity contribution in [2.45, 2.75) is 30.4 Å². The lowest BCUT2D eigenvalue weighted by molar-refractivity contribution is -0.141. The molecule has 1 aliphatic carbocycles. The number of amides is 1. The number of aliphatic carboxylic acids is 1. The number of carboxylic acids is 1. The highest BCUT2D eigenvalue weighted by Crippen LogP contribution is 2.45. The number of hydrogen-bond acceptors (Lipinski definition) is 6. The van der Waals surface area contributed by atoms with Crippen molar-refractivity contribution in [3.8, 4) is 16.9 Å². The number of carbonyl (C=O) groups is 2. The molecule has 3 aromatic rings. The predicted octanol–water partition coefficient (Wildman–Crippen LogP) is 4.67. The van der Waals surface area contributed by atoms with Crippen LogP contribution in [0.5, 0.6) is 5.75 Å². The Morgan fingerprint density at radius 1 is 1.03 bits per heavy atom. The third-order valence-corrected chi connectivity index (χ3v) is 7.52. The average Bonchev–Trinajstić information content (AvgIpc) is 3.62. The molecule has 3 aromatic carbocycles. The molecule has 3 aliphatic rings. The number of oxime groups is 1. The van der Waals surface area contributed by atoms with Gasteiger partial charge in [0.05, 0.1) is 19.4 Å². The van der Waals surface area contributed by atoms with Crippen LogP contribution < -0.4 is 4.74 Å². The molecule has 1 N–H and O–H groups in total. The van der Waals surface area contributed by atoms with E-state index in [1.54, 1.807) is 7.11 Å². The van der Waals surface area contributed by atoms with E-state index in [-0.39, 0.29) is 25.5 Å². The smallest absolute Gasteiger partial charge is 0.410 e. The molecule has 0 bridgehead atoms. The van der Waals surface area contributed by atoms with E-state index in [0.717, 1.165) is 33.6 Å². The summed E-state index contributed by atoms with van der Waals surface area (Å²) in [6, 6.07) is 22.5. The molecule has 2 heterocycles. The lowest BCUT2D eigenvalue weighted by atomic mass is 9.92. The number of ether oxygens (including phenoxy) is 2. The Bertz CT molecular complexity index is 1360. The van der Waals surface area contributed by atoms with Gasteiger partial charge < -0.3 is 19.4 Å². The van der Waals surface area contributed by atoms with E-state index < -0.39 is 23.7 Å². The number of fused-ring (bicyclic) bond motifs is 3. The highest BCUT2D eigenvalue weighted by molar-refractivity contribution is 6.02. The average molecular weight is 499 g/mol. The van der Waals surface area contributed by atoms with Crippen molar-refractivity contribution in [1.82, 2.24) is 4.90 Å². The zero-order valence-electron chi connectivity index (χ0n) is 20.3. The second-order valence-electron chi connectivity index (χ2n) is 9.71. The van der Waals surface area contributed by atoms with Gasteiger partial charge in [-0.05, 0) is 52.1 Å². The molecule has 0 radical (unpaired) electrons. The number of methoxy groups -OCH3 is 1. The Morgan fingerprint density at radius 2 is 1.68 bits per heavy atom. The number of rotatable bonds is 5. The summed E-state index contributed by atoms with van der Waals surface area (Å²) in [6.45, 7) is 0.209. The van der Waals surface area contributed by atoms with Crippen LogP contribution in [0.25, 0.3) is 11.1 Å². The Balaban J connectivity index is 1.17. The number of carbonyl (C=O) groups excluding carboxylic acids is 1. The summed E-state index contributed by atoms with van der Waals surface area (Å²) >= 11 is 0. The van der Waals surface area contributed by atoms with Crippen molar-refractivity contribution in [3.63, 3.8) is 0 Å². The molecule has 0 aromatic heterocycles. The summed E-state index contributed by atoms with van der Waals surface area (Å²) in [5.74, 6) is -0.470. The van der Waals surface area contributed by atoms with Crippen LogP contribution in [0.4, 0.5) is 4.79 Å². The number of hydrogen-bond donors (Lipinski definition) is 1. The molecule has 2 atom stereocenters. The fourth-order valence-electron chi connectivity index (χ4n) is 5.69. The van der Waals surface area contributed by atoms with Crippen molar-refractivity contribution in [1.29, 1.82) is 0 Å². The maximum absolute atomic E-state index is 13.2. The first kappa shape index (κ1) is 23.1. The fourth-order valence-corrected chi connectivity index (χ4v) is 5.69. The van der Waals surface area contributed by atoms with E-state index in [0.29, 0.717) is 12.1 Å². The van der Waals surface area contributed by atoms with Crippen molar-refractivity contribution in [3.05, 3.63) is 89.5 Å². The SMILES string of the molecule is COc1ccc(C2=NO[C@]3(C2)C[C@@H](C(=O)O)N(C(=O)OCC2c4ccccc4-c4ccccc42)C3)cc1. The molecule has 37 heavy (non-hydrogen) atoms. The first-order chi connectivity index (χ1) is 18.0. The zero-order chi connectivity index (χ0) is 25.6. The lowest BCUT2D eigenvalue weighted by Gasteiger charge is -2.23. The van der Waals surface area contributed by atoms with Crippen molar-refractivity contribution in [2.24, 2.45) is 5.16 Å². The summed E-state index contributed by atoms with van der Waals surface area (Å²) in [7, 11) is 1.60. The Kier molecular flexibility index (Phi) is 5.59. The molecule has 2 aliphatic heterocycles. The van der Waals surface area contributed by atoms with Crippen molar-refractivity contribution >= 4 is 17.8 Å². The normalized spacial score (nSPS) is 21.8. The second-order valence-corrected chi connectivity index (χ2v) is 9.71. The molecule has 6 rings (SSSR count). The van der Waals surface area contributed by atoms with Gasteiger partial charge in [-0.25, -0.2) is 9.59 Å². The van der Waals surface area contributed by atoms with Gasteiger partial charge in [-0.3, -0.25) is 4.90 Å². The molecule has 8 heteroatoms. The van der Waals surface area contributed by atoms with Gasteiger partial charge in [0.15, 0.2) is 5.60 Å². The minimum atomic E-state index is -1.09. The number of nitrogens with zero attached hydrogens (tertiary/aromatic N) is 2. The van der Waals surface area contributed by atoms with Gasteiger partial charge in [0.2, 0.25) is 0 Å². The van der Waals surface area contributed by atoms with Gasteiger partial charge in [-0.1, -0.05) is 53.7 Å². The Labute approximate surface area is 214 Å². The predicted molar refractivity (Wildman–Crippen MR) is 136 cm³/mol. The molecule has 1 amide bonds. The lowest BCUT2D eigenvalue weighted by Crippen LogP contribution is -2.42. The minimum Gasteiger partial charge on any atom is -0.497 e. The maximum atomic E-state index is 13.2. The van der Waals surface area contributed by atoms with E-state index in [9.17, 15) is 14.7 Å². The van der Waals surface area contributed by atoms with Crippen LogP contribution in [0, 0.1) is 0 Å². The Hall–Kier alpha value is -4.33. The summed E-state index contributed by atoms with van der Waals surface area (Å²) in [5, 5.41) is 14.1. The molecule has 0 unspecified atom stereocenters. The summed E-state index contributed by atoms with van der Waals surface area (Å²) < 4.78 is 11.0. The van der Waals surface area contributed by atoms with Gasteiger partial charge in [0, 0.05) is 18.8 Å². The molecule has 188 valence electrons. The Morgan fingerprint density at radius 3 is 2.30 bits per heavy atom. The topological polar surface area (TPSA) is 97.7 Å². The van der Waals surface area contributed by atoms with E-state index in [2.05, 4.69) is 17.3 Å². The van der Waals surface area contributed by atoms with Gasteiger partial charge in [0.1, 0.15) is 18.4 Å². The molecule has 1 saturated heterocycles. The highest BCUT2D eigenvalue weighted by atomic mass is 16.7. The number of carboxylic acid groups (broad SMARTS) is 1. The van der Waals surface area contributed by atoms with Crippen LogP contribution in [0.2, 0.25) is 0 Å². The van der Waals surface area contributed by atoms with Crippen molar-refractivity contribution in [2.75, 3.05) is 20.3 Å².